The molecule has 0 bridgehead atoms. The molecule has 25 heavy (non-hydrogen) atoms. The van der Waals surface area contributed by atoms with Gasteiger partial charge in [-0.15, -0.1) is 24.8 Å². The predicted octanol–water partition coefficient (Wildman–Crippen LogP) is 2.08. The second kappa shape index (κ2) is 13.4. The SMILES string of the molecule is COCCNCCNC(=O)c1cccc(Oc2cnccn2)c1.Cl.Cl. The zero-order chi connectivity index (χ0) is 16.3. The van der Waals surface area contributed by atoms with Crippen molar-refractivity contribution in [3.05, 3.63) is 48.4 Å². The molecule has 2 rings (SSSR count). The van der Waals surface area contributed by atoms with Gasteiger partial charge in [0.2, 0.25) is 5.88 Å². The third-order valence-corrected chi connectivity index (χ3v) is 2.93. The lowest BCUT2D eigenvalue weighted by atomic mass is 10.2. The fraction of sp³-hybridized carbons (Fsp3) is 0.312. The number of hydrogen-bond acceptors (Lipinski definition) is 6. The van der Waals surface area contributed by atoms with Gasteiger partial charge in [0.1, 0.15) is 5.75 Å². The van der Waals surface area contributed by atoms with Crippen LogP contribution in [0.5, 0.6) is 11.6 Å². The van der Waals surface area contributed by atoms with E-state index in [1.165, 1.54) is 6.20 Å². The monoisotopic (exact) mass is 388 g/mol. The molecule has 7 nitrogen and oxygen atoms in total. The highest BCUT2D eigenvalue weighted by atomic mass is 35.5. The van der Waals surface area contributed by atoms with E-state index in [9.17, 15) is 4.79 Å². The van der Waals surface area contributed by atoms with Crippen LogP contribution in [0.3, 0.4) is 0 Å². The average Bonchev–Trinajstić information content (AvgIpc) is 2.59. The normalized spacial score (nSPS) is 9.48. The Morgan fingerprint density at radius 2 is 2.00 bits per heavy atom. The van der Waals surface area contributed by atoms with E-state index in [0.717, 1.165) is 6.54 Å². The number of nitrogens with zero attached hydrogens (tertiary/aromatic N) is 2. The van der Waals surface area contributed by atoms with Gasteiger partial charge in [-0.2, -0.15) is 0 Å². The molecule has 1 aromatic carbocycles. The van der Waals surface area contributed by atoms with Gasteiger partial charge in [0.15, 0.2) is 0 Å². The summed E-state index contributed by atoms with van der Waals surface area (Å²) in [5.74, 6) is 0.770. The molecule has 1 heterocycles. The third kappa shape index (κ3) is 8.64. The molecule has 138 valence electrons. The van der Waals surface area contributed by atoms with Gasteiger partial charge in [-0.3, -0.25) is 9.78 Å². The zero-order valence-corrected chi connectivity index (χ0v) is 15.4. The Hall–Kier alpha value is -1.93. The minimum atomic E-state index is -0.150. The van der Waals surface area contributed by atoms with Gasteiger partial charge in [0, 0.05) is 44.7 Å². The lowest BCUT2D eigenvalue weighted by Crippen LogP contribution is -2.33. The van der Waals surface area contributed by atoms with Crippen LogP contribution in [0.4, 0.5) is 0 Å². The standard InChI is InChI=1S/C16H20N4O3.2ClH/c1-22-10-9-17-5-8-20-16(21)13-3-2-4-14(11-13)23-15-12-18-6-7-19-15;;/h2-4,6-7,11-12,17H,5,8-10H2,1H3,(H,20,21);2*1H. The lowest BCUT2D eigenvalue weighted by molar-refractivity contribution is 0.0953. The van der Waals surface area contributed by atoms with Crippen molar-refractivity contribution in [1.82, 2.24) is 20.6 Å². The first-order valence-corrected chi connectivity index (χ1v) is 7.31. The number of amides is 1. The van der Waals surface area contributed by atoms with Crippen molar-refractivity contribution in [2.45, 2.75) is 0 Å². The Balaban J connectivity index is 0.00000288. The van der Waals surface area contributed by atoms with Gasteiger partial charge in [-0.1, -0.05) is 6.07 Å². The van der Waals surface area contributed by atoms with Crippen LogP contribution < -0.4 is 15.4 Å². The molecule has 0 spiro atoms. The molecule has 0 aliphatic heterocycles. The quantitative estimate of drug-likeness (QED) is 0.639. The van der Waals surface area contributed by atoms with Crippen LogP contribution in [0.25, 0.3) is 0 Å². The second-order valence-corrected chi connectivity index (χ2v) is 4.67. The summed E-state index contributed by atoms with van der Waals surface area (Å²) in [5.41, 5.74) is 0.531. The van der Waals surface area contributed by atoms with Crippen LogP contribution in [0.15, 0.2) is 42.9 Å². The maximum absolute atomic E-state index is 12.1. The van der Waals surface area contributed by atoms with E-state index in [1.807, 2.05) is 0 Å². The number of methoxy groups -OCH3 is 1. The molecule has 0 saturated carbocycles. The highest BCUT2D eigenvalue weighted by molar-refractivity contribution is 5.94. The largest absolute Gasteiger partial charge is 0.437 e. The summed E-state index contributed by atoms with van der Waals surface area (Å²) in [6, 6.07) is 6.93. The van der Waals surface area contributed by atoms with E-state index in [0.29, 0.717) is 36.9 Å². The molecule has 0 fully saturated rings. The number of carbonyl (C=O) groups excluding carboxylic acids is 1. The Morgan fingerprint density at radius 1 is 1.16 bits per heavy atom. The topological polar surface area (TPSA) is 85.4 Å². The Bertz CT molecular complexity index is 617. The van der Waals surface area contributed by atoms with E-state index >= 15 is 0 Å². The molecule has 0 radical (unpaired) electrons. The number of aromatic nitrogens is 2. The molecule has 0 aliphatic rings. The Labute approximate surface area is 159 Å². The molecular formula is C16H22Cl2N4O3. The first kappa shape index (κ1) is 23.1. The van der Waals surface area contributed by atoms with Crippen molar-refractivity contribution >= 4 is 30.7 Å². The number of benzene rings is 1. The number of nitrogens with one attached hydrogen (secondary N) is 2. The van der Waals surface area contributed by atoms with E-state index in [1.54, 1.807) is 43.8 Å². The first-order chi connectivity index (χ1) is 11.3. The fourth-order valence-electron chi connectivity index (χ4n) is 1.83. The number of rotatable bonds is 9. The van der Waals surface area contributed by atoms with Crippen LogP contribution in [0.1, 0.15) is 10.4 Å². The Kier molecular flexibility index (Phi) is 12.3. The van der Waals surface area contributed by atoms with Crippen LogP contribution in [0.2, 0.25) is 0 Å². The van der Waals surface area contributed by atoms with Crippen molar-refractivity contribution in [1.29, 1.82) is 0 Å². The second-order valence-electron chi connectivity index (χ2n) is 4.67. The van der Waals surface area contributed by atoms with Gasteiger partial charge in [-0.05, 0) is 18.2 Å². The molecule has 2 aromatic rings. The van der Waals surface area contributed by atoms with Crippen LogP contribution >= 0.6 is 24.8 Å². The zero-order valence-electron chi connectivity index (χ0n) is 13.8. The van der Waals surface area contributed by atoms with Crippen LogP contribution in [-0.4, -0.2) is 49.2 Å². The third-order valence-electron chi connectivity index (χ3n) is 2.93. The predicted molar refractivity (Wildman–Crippen MR) is 100 cm³/mol. The molecule has 9 heteroatoms. The number of ether oxygens (including phenoxy) is 2. The van der Waals surface area contributed by atoms with Crippen molar-refractivity contribution < 1.29 is 14.3 Å². The minimum absolute atomic E-state index is 0. The maximum Gasteiger partial charge on any atom is 0.251 e. The summed E-state index contributed by atoms with van der Waals surface area (Å²) in [6.07, 6.45) is 4.62. The molecule has 0 unspecified atom stereocenters. The van der Waals surface area contributed by atoms with Gasteiger partial charge >= 0.3 is 0 Å². The van der Waals surface area contributed by atoms with Gasteiger partial charge in [0.25, 0.3) is 5.91 Å². The van der Waals surface area contributed by atoms with Crippen molar-refractivity contribution in [3.8, 4) is 11.6 Å². The summed E-state index contributed by atoms with van der Waals surface area (Å²) in [7, 11) is 1.65. The molecular weight excluding hydrogens is 367 g/mol. The summed E-state index contributed by atoms with van der Waals surface area (Å²) >= 11 is 0. The van der Waals surface area contributed by atoms with Crippen LogP contribution in [0, 0.1) is 0 Å². The molecule has 0 atom stereocenters. The van der Waals surface area contributed by atoms with Gasteiger partial charge in [-0.25, -0.2) is 4.98 Å². The molecule has 1 amide bonds. The lowest BCUT2D eigenvalue weighted by Gasteiger charge is -2.08. The molecule has 0 saturated heterocycles. The van der Waals surface area contributed by atoms with Gasteiger partial charge < -0.3 is 20.1 Å². The molecule has 2 N–H and O–H groups in total. The average molecular weight is 389 g/mol. The van der Waals surface area contributed by atoms with E-state index in [4.69, 9.17) is 9.47 Å². The Morgan fingerprint density at radius 3 is 2.72 bits per heavy atom. The summed E-state index contributed by atoms with van der Waals surface area (Å²) in [4.78, 5) is 20.0. The van der Waals surface area contributed by atoms with Gasteiger partial charge in [0.05, 0.1) is 12.8 Å². The summed E-state index contributed by atoms with van der Waals surface area (Å²) in [5, 5.41) is 6.00. The van der Waals surface area contributed by atoms with Crippen molar-refractivity contribution in [2.24, 2.45) is 0 Å². The summed E-state index contributed by atoms with van der Waals surface area (Å²) in [6.45, 7) is 2.63. The van der Waals surface area contributed by atoms with Crippen LogP contribution in [-0.2, 0) is 4.74 Å². The van der Waals surface area contributed by atoms with E-state index in [-0.39, 0.29) is 30.7 Å². The number of hydrogen-bond donors (Lipinski definition) is 2. The van der Waals surface area contributed by atoms with Crippen molar-refractivity contribution in [2.75, 3.05) is 33.4 Å². The first-order valence-electron chi connectivity index (χ1n) is 7.31. The maximum atomic E-state index is 12.1. The smallest absolute Gasteiger partial charge is 0.251 e. The minimum Gasteiger partial charge on any atom is -0.437 e. The molecule has 1 aromatic heterocycles. The highest BCUT2D eigenvalue weighted by Gasteiger charge is 2.07. The van der Waals surface area contributed by atoms with E-state index < -0.39 is 0 Å². The fourth-order valence-corrected chi connectivity index (χ4v) is 1.83. The molecule has 0 aliphatic carbocycles. The van der Waals surface area contributed by atoms with Crippen molar-refractivity contribution in [3.63, 3.8) is 0 Å². The highest BCUT2D eigenvalue weighted by Crippen LogP contribution is 2.19. The summed E-state index contributed by atoms with van der Waals surface area (Å²) < 4.78 is 10.5. The number of halogens is 2. The van der Waals surface area contributed by atoms with E-state index in [2.05, 4.69) is 20.6 Å². The number of carbonyl (C=O) groups is 1.